The summed E-state index contributed by atoms with van der Waals surface area (Å²) in [6.45, 7) is -0.166. The highest BCUT2D eigenvalue weighted by atomic mass is 16.3. The molecule has 5 heteroatoms. The number of para-hydroxylation sites is 1. The lowest BCUT2D eigenvalue weighted by Gasteiger charge is -2.07. The molecule has 3 aromatic rings. The number of aliphatic hydroxyl groups excluding tert-OH is 1. The first-order chi connectivity index (χ1) is 12.2. The molecule has 1 amide bonds. The molecule has 0 fully saturated rings. The fourth-order valence-corrected chi connectivity index (χ4v) is 2.41. The molecule has 0 saturated carbocycles. The highest BCUT2D eigenvalue weighted by molar-refractivity contribution is 6.04. The van der Waals surface area contributed by atoms with Crippen molar-refractivity contribution in [3.05, 3.63) is 83.6 Å². The fraction of sp³-hybridized carbons (Fsp3) is 0.0500. The third kappa shape index (κ3) is 3.71. The number of aliphatic hydroxyl groups is 1. The summed E-state index contributed by atoms with van der Waals surface area (Å²) in [5.74, 6) is -0.207. The molecule has 3 rings (SSSR count). The number of nitrogens with one attached hydrogen (secondary N) is 1. The maximum absolute atomic E-state index is 12.3. The zero-order valence-electron chi connectivity index (χ0n) is 13.3. The molecule has 2 aromatic carbocycles. The molecule has 1 heterocycles. The Hall–Kier alpha value is -3.49. The number of benzene rings is 2. The molecule has 0 spiro atoms. The molecule has 0 unspecified atom stereocenters. The average molecular weight is 329 g/mol. The van der Waals surface area contributed by atoms with E-state index in [1.165, 1.54) is 6.20 Å². The third-order valence-electron chi connectivity index (χ3n) is 3.70. The van der Waals surface area contributed by atoms with Crippen molar-refractivity contribution in [3.8, 4) is 17.3 Å². The Kier molecular flexibility index (Phi) is 4.84. The van der Waals surface area contributed by atoms with Crippen LogP contribution in [0.15, 0.2) is 66.9 Å². The summed E-state index contributed by atoms with van der Waals surface area (Å²) in [5.41, 5.74) is 3.46. The van der Waals surface area contributed by atoms with Gasteiger partial charge in [0.2, 0.25) is 0 Å². The van der Waals surface area contributed by atoms with Crippen LogP contribution in [0.2, 0.25) is 0 Å². The molecule has 25 heavy (non-hydrogen) atoms. The molecule has 5 nitrogen and oxygen atoms in total. The summed E-state index contributed by atoms with van der Waals surface area (Å²) >= 11 is 0. The van der Waals surface area contributed by atoms with Crippen LogP contribution in [0.1, 0.15) is 21.5 Å². The smallest absolute Gasteiger partial charge is 0.255 e. The van der Waals surface area contributed by atoms with E-state index in [2.05, 4.69) is 16.4 Å². The Balaban J connectivity index is 1.83. The molecular weight excluding hydrogens is 314 g/mol. The molecule has 1 aromatic heterocycles. The van der Waals surface area contributed by atoms with Crippen molar-refractivity contribution in [1.29, 1.82) is 5.26 Å². The maximum atomic E-state index is 12.3. The van der Waals surface area contributed by atoms with E-state index >= 15 is 0 Å². The van der Waals surface area contributed by atoms with Gasteiger partial charge in [-0.3, -0.25) is 9.78 Å². The molecule has 0 bridgehead atoms. The van der Waals surface area contributed by atoms with E-state index in [0.29, 0.717) is 22.4 Å². The van der Waals surface area contributed by atoms with Gasteiger partial charge in [0, 0.05) is 23.0 Å². The van der Waals surface area contributed by atoms with Crippen LogP contribution in [0.5, 0.6) is 0 Å². The van der Waals surface area contributed by atoms with Crippen LogP contribution < -0.4 is 5.32 Å². The Morgan fingerprint density at radius 2 is 1.84 bits per heavy atom. The lowest BCUT2D eigenvalue weighted by Crippen LogP contribution is -2.11. The van der Waals surface area contributed by atoms with Crippen molar-refractivity contribution in [3.63, 3.8) is 0 Å². The Bertz CT molecular complexity index is 929. The predicted octanol–water partition coefficient (Wildman–Crippen LogP) is 3.36. The van der Waals surface area contributed by atoms with Gasteiger partial charge in [-0.05, 0) is 35.9 Å². The Morgan fingerprint density at radius 1 is 1.12 bits per heavy atom. The van der Waals surface area contributed by atoms with Gasteiger partial charge in [0.25, 0.3) is 5.91 Å². The lowest BCUT2D eigenvalue weighted by atomic mass is 10.0. The molecule has 0 aliphatic rings. The average Bonchev–Trinajstić information content (AvgIpc) is 2.68. The summed E-state index contributed by atoms with van der Waals surface area (Å²) in [5, 5.41) is 21.2. The first kappa shape index (κ1) is 16.4. The van der Waals surface area contributed by atoms with Gasteiger partial charge in [-0.2, -0.15) is 5.26 Å². The minimum atomic E-state index is -0.207. The van der Waals surface area contributed by atoms with E-state index in [1.54, 1.807) is 30.3 Å². The Morgan fingerprint density at radius 3 is 2.48 bits per heavy atom. The number of carbonyl (C=O) groups excluding carboxylic acids is 1. The van der Waals surface area contributed by atoms with E-state index in [-0.39, 0.29) is 12.5 Å². The van der Waals surface area contributed by atoms with Crippen LogP contribution in [0.25, 0.3) is 11.3 Å². The normalized spacial score (nSPS) is 10.1. The summed E-state index contributed by atoms with van der Waals surface area (Å²) in [4.78, 5) is 16.5. The van der Waals surface area contributed by atoms with Crippen molar-refractivity contribution in [2.45, 2.75) is 6.61 Å². The largest absolute Gasteiger partial charge is 0.392 e. The number of aromatic nitrogens is 1. The van der Waals surface area contributed by atoms with Crippen LogP contribution in [-0.4, -0.2) is 16.0 Å². The molecular formula is C20H15N3O2. The van der Waals surface area contributed by atoms with Crippen molar-refractivity contribution < 1.29 is 9.90 Å². The number of nitriles is 1. The predicted molar refractivity (Wildman–Crippen MR) is 94.7 cm³/mol. The van der Waals surface area contributed by atoms with E-state index < -0.39 is 0 Å². The summed E-state index contributed by atoms with van der Waals surface area (Å²) < 4.78 is 0. The second-order valence-electron chi connectivity index (χ2n) is 5.41. The molecule has 122 valence electrons. The van der Waals surface area contributed by atoms with Crippen molar-refractivity contribution in [1.82, 2.24) is 4.98 Å². The highest BCUT2D eigenvalue weighted by Gasteiger charge is 2.10. The number of anilines is 1. The molecule has 0 atom stereocenters. The number of hydrogen-bond acceptors (Lipinski definition) is 4. The topological polar surface area (TPSA) is 86.0 Å². The van der Waals surface area contributed by atoms with Gasteiger partial charge in [0.15, 0.2) is 0 Å². The summed E-state index contributed by atoms with van der Waals surface area (Å²) in [6.07, 6.45) is 1.53. The first-order valence-corrected chi connectivity index (χ1v) is 7.68. The summed E-state index contributed by atoms with van der Waals surface area (Å²) in [6, 6.07) is 19.8. The first-order valence-electron chi connectivity index (χ1n) is 7.68. The third-order valence-corrected chi connectivity index (χ3v) is 3.70. The van der Waals surface area contributed by atoms with Gasteiger partial charge >= 0.3 is 0 Å². The summed E-state index contributed by atoms with van der Waals surface area (Å²) in [7, 11) is 0. The standard InChI is InChI=1S/C20H15N3O2/c21-11-17-10-14(13-24)12-22-19(17)15-6-8-16(9-7-15)20(25)23-18-4-2-1-3-5-18/h1-10,12,24H,13H2,(H,23,25). The Labute approximate surface area is 145 Å². The van der Waals surface area contributed by atoms with Crippen LogP contribution in [0.4, 0.5) is 5.69 Å². The van der Waals surface area contributed by atoms with Crippen LogP contribution in [-0.2, 0) is 6.61 Å². The second-order valence-corrected chi connectivity index (χ2v) is 5.41. The minimum Gasteiger partial charge on any atom is -0.392 e. The highest BCUT2D eigenvalue weighted by Crippen LogP contribution is 2.22. The number of rotatable bonds is 4. The van der Waals surface area contributed by atoms with Gasteiger partial charge in [-0.25, -0.2) is 0 Å². The van der Waals surface area contributed by atoms with Gasteiger partial charge < -0.3 is 10.4 Å². The minimum absolute atomic E-state index is 0.166. The number of nitrogens with zero attached hydrogens (tertiary/aromatic N) is 2. The monoisotopic (exact) mass is 329 g/mol. The molecule has 0 aliphatic carbocycles. The van der Waals surface area contributed by atoms with Gasteiger partial charge in [-0.15, -0.1) is 0 Å². The number of pyridine rings is 1. The van der Waals surface area contributed by atoms with E-state index in [9.17, 15) is 10.1 Å². The van der Waals surface area contributed by atoms with Crippen LogP contribution in [0, 0.1) is 11.3 Å². The van der Waals surface area contributed by atoms with Crippen molar-refractivity contribution in [2.24, 2.45) is 0 Å². The molecule has 2 N–H and O–H groups in total. The zero-order chi connectivity index (χ0) is 17.6. The second kappa shape index (κ2) is 7.39. The molecule has 0 radical (unpaired) electrons. The van der Waals surface area contributed by atoms with E-state index in [4.69, 9.17) is 5.11 Å². The number of carbonyl (C=O) groups is 1. The molecule has 0 aliphatic heterocycles. The zero-order valence-corrected chi connectivity index (χ0v) is 13.3. The van der Waals surface area contributed by atoms with E-state index in [0.717, 1.165) is 11.3 Å². The lowest BCUT2D eigenvalue weighted by molar-refractivity contribution is 0.102. The number of amides is 1. The van der Waals surface area contributed by atoms with Gasteiger partial charge in [0.05, 0.1) is 17.9 Å². The van der Waals surface area contributed by atoms with Crippen molar-refractivity contribution in [2.75, 3.05) is 5.32 Å². The maximum Gasteiger partial charge on any atom is 0.255 e. The van der Waals surface area contributed by atoms with Gasteiger partial charge in [0.1, 0.15) is 6.07 Å². The van der Waals surface area contributed by atoms with Crippen LogP contribution >= 0.6 is 0 Å². The fourth-order valence-electron chi connectivity index (χ4n) is 2.41. The number of hydrogen-bond donors (Lipinski definition) is 2. The quantitative estimate of drug-likeness (QED) is 0.768. The van der Waals surface area contributed by atoms with Crippen molar-refractivity contribution >= 4 is 11.6 Å². The molecule has 0 saturated heterocycles. The SMILES string of the molecule is N#Cc1cc(CO)cnc1-c1ccc(C(=O)Nc2ccccc2)cc1. The van der Waals surface area contributed by atoms with Gasteiger partial charge in [-0.1, -0.05) is 30.3 Å². The van der Waals surface area contributed by atoms with E-state index in [1.807, 2.05) is 30.3 Å². The van der Waals surface area contributed by atoms with Crippen LogP contribution in [0.3, 0.4) is 0 Å².